The Morgan fingerprint density at radius 2 is 2.29 bits per heavy atom. The third kappa shape index (κ3) is 3.99. The highest BCUT2D eigenvalue weighted by Crippen LogP contribution is 2.21. The molecule has 0 radical (unpaired) electrons. The molecule has 0 aromatic carbocycles. The van der Waals surface area contributed by atoms with Crippen molar-refractivity contribution in [2.24, 2.45) is 5.10 Å². The molecule has 17 heavy (non-hydrogen) atoms. The van der Waals surface area contributed by atoms with Crippen LogP contribution in [-0.2, 0) is 9.59 Å². The number of carbonyl (C=O) groups excluding carboxylic acids is 2. The van der Waals surface area contributed by atoms with E-state index < -0.39 is 0 Å². The summed E-state index contributed by atoms with van der Waals surface area (Å²) in [6.07, 6.45) is -0.227. The maximum Gasteiger partial charge on any atom is 0.257 e. The minimum absolute atomic E-state index is 0.0159. The Morgan fingerprint density at radius 3 is 2.76 bits per heavy atom. The quantitative estimate of drug-likeness (QED) is 0.492. The van der Waals surface area contributed by atoms with Crippen LogP contribution in [0.3, 0.4) is 0 Å². The van der Waals surface area contributed by atoms with Crippen molar-refractivity contribution in [2.45, 2.75) is 26.3 Å². The van der Waals surface area contributed by atoms with Crippen LogP contribution in [0.1, 0.15) is 20.3 Å². The maximum atomic E-state index is 11.8. The number of anilines is 1. The molecule has 0 aliphatic heterocycles. The molecule has 92 valence electrons. The Balaban J connectivity index is 2.62. The van der Waals surface area contributed by atoms with E-state index in [1.807, 2.05) is 19.2 Å². The molecule has 0 unspecified atom stereocenters. The van der Waals surface area contributed by atoms with Crippen molar-refractivity contribution in [1.82, 2.24) is 5.32 Å². The van der Waals surface area contributed by atoms with Crippen LogP contribution in [0.4, 0.5) is 5.00 Å². The van der Waals surface area contributed by atoms with Gasteiger partial charge in [-0.25, -0.2) is 0 Å². The zero-order valence-electron chi connectivity index (χ0n) is 9.84. The molecule has 2 amide bonds. The molecule has 0 aliphatic rings. The molecule has 5 nitrogen and oxygen atoms in total. The lowest BCUT2D eigenvalue weighted by Crippen LogP contribution is -2.35. The molecule has 1 aromatic rings. The van der Waals surface area contributed by atoms with Gasteiger partial charge < -0.3 is 5.32 Å². The number of carbonyl (C=O) groups is 2. The van der Waals surface area contributed by atoms with E-state index in [1.165, 1.54) is 11.3 Å². The van der Waals surface area contributed by atoms with Crippen LogP contribution >= 0.6 is 11.3 Å². The summed E-state index contributed by atoms with van der Waals surface area (Å²) in [6.45, 7) is 7.01. The Bertz CT molecular complexity index is 401. The summed E-state index contributed by atoms with van der Waals surface area (Å²) in [6, 6.07) is 3.57. The van der Waals surface area contributed by atoms with Gasteiger partial charge in [-0.05, 0) is 31.4 Å². The van der Waals surface area contributed by atoms with E-state index >= 15 is 0 Å². The number of nitrogens with zero attached hydrogens (tertiary/aromatic N) is 2. The summed E-state index contributed by atoms with van der Waals surface area (Å²) in [7, 11) is 0. The number of thiophene rings is 1. The largest absolute Gasteiger partial charge is 0.353 e. The van der Waals surface area contributed by atoms with E-state index in [-0.39, 0.29) is 24.3 Å². The van der Waals surface area contributed by atoms with Gasteiger partial charge in [-0.3, -0.25) is 9.59 Å². The Hall–Kier alpha value is -1.69. The highest BCUT2D eigenvalue weighted by molar-refractivity contribution is 7.14. The summed E-state index contributed by atoms with van der Waals surface area (Å²) in [4.78, 5) is 23.2. The van der Waals surface area contributed by atoms with Crippen LogP contribution in [0.25, 0.3) is 0 Å². The van der Waals surface area contributed by atoms with Gasteiger partial charge in [-0.15, -0.1) is 11.3 Å². The first kappa shape index (κ1) is 13.4. The van der Waals surface area contributed by atoms with Crippen molar-refractivity contribution in [3.05, 3.63) is 17.5 Å². The molecule has 0 aliphatic carbocycles. The predicted molar refractivity (Wildman–Crippen MR) is 69.2 cm³/mol. The molecule has 0 spiro atoms. The van der Waals surface area contributed by atoms with E-state index in [4.69, 9.17) is 0 Å². The van der Waals surface area contributed by atoms with Gasteiger partial charge in [-0.2, -0.15) is 10.1 Å². The number of nitrogens with one attached hydrogen (secondary N) is 1. The molecule has 0 saturated carbocycles. The first-order chi connectivity index (χ1) is 8.04. The molecular weight excluding hydrogens is 238 g/mol. The maximum absolute atomic E-state index is 11.8. The molecule has 0 atom stereocenters. The van der Waals surface area contributed by atoms with E-state index in [0.29, 0.717) is 5.00 Å². The van der Waals surface area contributed by atoms with Crippen molar-refractivity contribution in [3.8, 4) is 0 Å². The zero-order chi connectivity index (χ0) is 12.8. The SMILES string of the molecule is C=NN(C(=O)CC(=O)NC(C)C)c1cccs1. The normalized spacial score (nSPS) is 10.1. The second-order valence-corrected chi connectivity index (χ2v) is 4.62. The van der Waals surface area contributed by atoms with Gasteiger partial charge in [0.1, 0.15) is 11.4 Å². The highest BCUT2D eigenvalue weighted by Gasteiger charge is 2.18. The molecule has 1 aromatic heterocycles. The third-order valence-corrected chi connectivity index (χ3v) is 2.70. The second-order valence-electron chi connectivity index (χ2n) is 3.70. The van der Waals surface area contributed by atoms with Crippen LogP contribution in [0, 0.1) is 0 Å². The zero-order valence-corrected chi connectivity index (χ0v) is 10.7. The lowest BCUT2D eigenvalue weighted by atomic mass is 10.3. The molecule has 0 fully saturated rings. The monoisotopic (exact) mass is 253 g/mol. The number of rotatable bonds is 5. The lowest BCUT2D eigenvalue weighted by Gasteiger charge is -2.14. The molecule has 0 bridgehead atoms. The molecule has 1 rings (SSSR count). The fraction of sp³-hybridized carbons (Fsp3) is 0.364. The number of amides is 2. The first-order valence-electron chi connectivity index (χ1n) is 5.17. The minimum Gasteiger partial charge on any atom is -0.353 e. The number of hydrogen-bond acceptors (Lipinski definition) is 4. The molecule has 6 heteroatoms. The van der Waals surface area contributed by atoms with Crippen molar-refractivity contribution in [3.63, 3.8) is 0 Å². The summed E-state index contributed by atoms with van der Waals surface area (Å²) in [5.41, 5.74) is 0. The van der Waals surface area contributed by atoms with Crippen LogP contribution < -0.4 is 10.3 Å². The molecule has 1 heterocycles. The van der Waals surface area contributed by atoms with E-state index in [0.717, 1.165) is 5.01 Å². The van der Waals surface area contributed by atoms with Crippen molar-refractivity contribution >= 4 is 34.9 Å². The van der Waals surface area contributed by atoms with Crippen molar-refractivity contribution in [2.75, 3.05) is 5.01 Å². The van der Waals surface area contributed by atoms with Crippen LogP contribution in [-0.4, -0.2) is 24.6 Å². The summed E-state index contributed by atoms with van der Waals surface area (Å²) in [5.74, 6) is -0.698. The molecular formula is C11H15N3O2S. The average molecular weight is 253 g/mol. The van der Waals surface area contributed by atoms with E-state index in [2.05, 4.69) is 17.1 Å². The van der Waals surface area contributed by atoms with Gasteiger partial charge in [0, 0.05) is 12.8 Å². The van der Waals surface area contributed by atoms with Gasteiger partial charge in [0.2, 0.25) is 5.91 Å². The van der Waals surface area contributed by atoms with Crippen LogP contribution in [0.15, 0.2) is 22.6 Å². The topological polar surface area (TPSA) is 61.8 Å². The Morgan fingerprint density at radius 1 is 1.59 bits per heavy atom. The summed E-state index contributed by atoms with van der Waals surface area (Å²) >= 11 is 1.36. The van der Waals surface area contributed by atoms with Gasteiger partial charge in [0.15, 0.2) is 0 Å². The smallest absolute Gasteiger partial charge is 0.257 e. The molecule has 1 N–H and O–H groups in total. The summed E-state index contributed by atoms with van der Waals surface area (Å²) < 4.78 is 0. The number of hydrogen-bond donors (Lipinski definition) is 1. The van der Waals surface area contributed by atoms with Gasteiger partial charge in [-0.1, -0.05) is 0 Å². The first-order valence-corrected chi connectivity index (χ1v) is 6.05. The van der Waals surface area contributed by atoms with Crippen LogP contribution in [0.5, 0.6) is 0 Å². The van der Waals surface area contributed by atoms with Crippen LogP contribution in [0.2, 0.25) is 0 Å². The Labute approximate surface area is 104 Å². The van der Waals surface area contributed by atoms with Gasteiger partial charge in [0.05, 0.1) is 0 Å². The minimum atomic E-state index is -0.388. The predicted octanol–water partition coefficient (Wildman–Crippen LogP) is 1.61. The second kappa shape index (κ2) is 6.15. The van der Waals surface area contributed by atoms with E-state index in [9.17, 15) is 9.59 Å². The summed E-state index contributed by atoms with van der Waals surface area (Å²) in [5, 5.41) is 9.91. The standard InChI is InChI=1S/C11H15N3O2S/c1-8(2)13-9(15)7-10(16)14(12-3)11-5-4-6-17-11/h4-6,8H,3,7H2,1-2H3,(H,13,15). The van der Waals surface area contributed by atoms with E-state index in [1.54, 1.807) is 12.1 Å². The fourth-order valence-corrected chi connectivity index (χ4v) is 1.96. The van der Waals surface area contributed by atoms with Gasteiger partial charge >= 0.3 is 0 Å². The average Bonchev–Trinajstić information content (AvgIpc) is 2.70. The highest BCUT2D eigenvalue weighted by atomic mass is 32.1. The third-order valence-electron chi connectivity index (χ3n) is 1.85. The Kier molecular flexibility index (Phi) is 4.84. The van der Waals surface area contributed by atoms with Gasteiger partial charge in [0.25, 0.3) is 5.91 Å². The fourth-order valence-electron chi connectivity index (χ4n) is 1.25. The van der Waals surface area contributed by atoms with Crippen molar-refractivity contribution in [1.29, 1.82) is 0 Å². The molecule has 0 saturated heterocycles. The lowest BCUT2D eigenvalue weighted by molar-refractivity contribution is -0.128. The number of hydrazone groups is 1. The van der Waals surface area contributed by atoms with Crippen molar-refractivity contribution < 1.29 is 9.59 Å².